The average Bonchev–Trinajstić information content (AvgIpc) is 2.34. The molecule has 2 N–H and O–H groups in total. The minimum Gasteiger partial charge on any atom is -0.468 e. The van der Waals surface area contributed by atoms with E-state index in [1.165, 1.54) is 7.11 Å². The third-order valence-electron chi connectivity index (χ3n) is 2.70. The van der Waals surface area contributed by atoms with Gasteiger partial charge in [0.15, 0.2) is 0 Å². The van der Waals surface area contributed by atoms with Crippen LogP contribution in [-0.2, 0) is 9.53 Å². The van der Waals surface area contributed by atoms with Gasteiger partial charge in [-0.3, -0.25) is 4.79 Å². The number of ether oxygens (including phenoxy) is 1. The van der Waals surface area contributed by atoms with Crippen LogP contribution in [0.5, 0.6) is 0 Å². The van der Waals surface area contributed by atoms with Gasteiger partial charge in [0.25, 0.3) is 0 Å². The first-order valence-corrected chi connectivity index (χ1v) is 6.38. The molecular formula is C13H19N3O2S. The summed E-state index contributed by atoms with van der Waals surface area (Å²) in [6, 6.07) is 3.74. The Morgan fingerprint density at radius 2 is 2.16 bits per heavy atom. The molecule has 104 valence electrons. The van der Waals surface area contributed by atoms with Crippen LogP contribution < -0.4 is 10.6 Å². The van der Waals surface area contributed by atoms with Gasteiger partial charge in [-0.1, -0.05) is 12.2 Å². The predicted octanol–water partition coefficient (Wildman–Crippen LogP) is 1.41. The lowest BCUT2D eigenvalue weighted by Crippen LogP contribution is -2.38. The summed E-state index contributed by atoms with van der Waals surface area (Å²) in [5, 5.41) is 0. The van der Waals surface area contributed by atoms with Crippen molar-refractivity contribution in [1.29, 1.82) is 0 Å². The fourth-order valence-corrected chi connectivity index (χ4v) is 1.82. The Balaban J connectivity index is 3.24. The smallest absolute Gasteiger partial charge is 0.325 e. The summed E-state index contributed by atoms with van der Waals surface area (Å²) < 4.78 is 4.71. The molecule has 0 amide bonds. The summed E-state index contributed by atoms with van der Waals surface area (Å²) in [6.45, 7) is 5.93. The summed E-state index contributed by atoms with van der Waals surface area (Å²) in [4.78, 5) is 18.1. The molecule has 0 aliphatic heterocycles. The van der Waals surface area contributed by atoms with E-state index in [2.05, 4.69) is 4.98 Å². The van der Waals surface area contributed by atoms with Crippen LogP contribution in [0.15, 0.2) is 12.1 Å². The number of carbonyl (C=O) groups excluding carboxylic acids is 1. The number of nitrogens with zero attached hydrogens (tertiary/aromatic N) is 2. The normalized spacial score (nSPS) is 10.4. The molecule has 0 unspecified atom stereocenters. The van der Waals surface area contributed by atoms with Crippen molar-refractivity contribution in [2.24, 2.45) is 5.73 Å². The zero-order valence-electron chi connectivity index (χ0n) is 11.6. The van der Waals surface area contributed by atoms with Gasteiger partial charge in [0, 0.05) is 11.7 Å². The van der Waals surface area contributed by atoms with E-state index in [1.54, 1.807) is 0 Å². The maximum atomic E-state index is 11.5. The minimum atomic E-state index is -0.328. The van der Waals surface area contributed by atoms with Crippen molar-refractivity contribution < 1.29 is 9.53 Å². The number of rotatable bonds is 5. The molecule has 19 heavy (non-hydrogen) atoms. The number of hydrogen-bond donors (Lipinski definition) is 1. The number of carbonyl (C=O) groups is 1. The molecule has 1 aromatic rings. The van der Waals surface area contributed by atoms with Gasteiger partial charge >= 0.3 is 5.97 Å². The van der Waals surface area contributed by atoms with Crippen LogP contribution in [0.3, 0.4) is 0 Å². The third-order valence-corrected chi connectivity index (χ3v) is 2.92. The molecule has 0 aromatic carbocycles. The number of anilines is 1. The van der Waals surface area contributed by atoms with Crippen molar-refractivity contribution in [2.45, 2.75) is 26.8 Å². The topological polar surface area (TPSA) is 68.5 Å². The zero-order chi connectivity index (χ0) is 14.6. The van der Waals surface area contributed by atoms with E-state index < -0.39 is 0 Å². The van der Waals surface area contributed by atoms with Gasteiger partial charge in [0.2, 0.25) is 0 Å². The first-order valence-electron chi connectivity index (χ1n) is 5.97. The Bertz CT molecular complexity index is 489. The fraction of sp³-hybridized carbons (Fsp3) is 0.462. The number of nitrogens with two attached hydrogens (primary N) is 1. The van der Waals surface area contributed by atoms with Crippen molar-refractivity contribution in [3.05, 3.63) is 23.4 Å². The largest absolute Gasteiger partial charge is 0.468 e. The van der Waals surface area contributed by atoms with E-state index in [0.717, 1.165) is 5.69 Å². The highest BCUT2D eigenvalue weighted by molar-refractivity contribution is 7.80. The van der Waals surface area contributed by atoms with Gasteiger partial charge in [-0.15, -0.1) is 0 Å². The molecule has 0 atom stereocenters. The van der Waals surface area contributed by atoms with Crippen molar-refractivity contribution in [2.75, 3.05) is 18.6 Å². The van der Waals surface area contributed by atoms with Gasteiger partial charge < -0.3 is 15.4 Å². The number of thiocarbonyl (C=S) groups is 1. The SMILES string of the molecule is COC(=O)CN(c1nc(C)ccc1C(N)=S)C(C)C. The Kier molecular flexibility index (Phi) is 5.23. The summed E-state index contributed by atoms with van der Waals surface area (Å²) >= 11 is 5.04. The number of hydrogen-bond acceptors (Lipinski definition) is 5. The summed E-state index contributed by atoms with van der Waals surface area (Å²) in [5.74, 6) is 0.291. The maximum absolute atomic E-state index is 11.5. The van der Waals surface area contributed by atoms with Crippen LogP contribution in [0, 0.1) is 6.92 Å². The molecule has 5 nitrogen and oxygen atoms in total. The molecule has 0 spiro atoms. The van der Waals surface area contributed by atoms with Crippen LogP contribution in [-0.4, -0.2) is 35.6 Å². The third kappa shape index (κ3) is 3.89. The van der Waals surface area contributed by atoms with Crippen LogP contribution in [0.25, 0.3) is 0 Å². The van der Waals surface area contributed by atoms with Crippen LogP contribution in [0.4, 0.5) is 5.82 Å². The van der Waals surface area contributed by atoms with Gasteiger partial charge in [-0.05, 0) is 32.9 Å². The van der Waals surface area contributed by atoms with E-state index in [4.69, 9.17) is 22.7 Å². The molecule has 6 heteroatoms. The predicted molar refractivity (Wildman–Crippen MR) is 79.4 cm³/mol. The van der Waals surface area contributed by atoms with E-state index in [9.17, 15) is 4.79 Å². The Labute approximate surface area is 118 Å². The highest BCUT2D eigenvalue weighted by Crippen LogP contribution is 2.21. The second kappa shape index (κ2) is 6.47. The van der Waals surface area contributed by atoms with Crippen molar-refractivity contribution >= 4 is 29.0 Å². The van der Waals surface area contributed by atoms with Crippen LogP contribution in [0.2, 0.25) is 0 Å². The molecule has 0 saturated carbocycles. The lowest BCUT2D eigenvalue weighted by molar-refractivity contribution is -0.139. The van der Waals surface area contributed by atoms with E-state index in [0.29, 0.717) is 11.4 Å². The number of methoxy groups -OCH3 is 1. The first kappa shape index (κ1) is 15.4. The fourth-order valence-electron chi connectivity index (χ4n) is 1.66. The Morgan fingerprint density at radius 1 is 1.53 bits per heavy atom. The van der Waals surface area contributed by atoms with Gasteiger partial charge in [-0.25, -0.2) is 4.98 Å². The number of pyridine rings is 1. The molecule has 0 saturated heterocycles. The Hall–Kier alpha value is -1.69. The molecule has 0 fully saturated rings. The standard InChI is InChI=1S/C13H19N3O2S/c1-8(2)16(7-11(17)18-4)13-10(12(14)19)6-5-9(3)15-13/h5-6,8H,7H2,1-4H3,(H2,14,19). The van der Waals surface area contributed by atoms with Gasteiger partial charge in [0.05, 0.1) is 12.7 Å². The van der Waals surface area contributed by atoms with Crippen molar-refractivity contribution in [1.82, 2.24) is 4.98 Å². The Morgan fingerprint density at radius 3 is 2.63 bits per heavy atom. The number of aryl methyl sites for hydroxylation is 1. The van der Waals surface area contributed by atoms with Crippen LogP contribution >= 0.6 is 12.2 Å². The number of aromatic nitrogens is 1. The van der Waals surface area contributed by atoms with Gasteiger partial charge in [-0.2, -0.15) is 0 Å². The van der Waals surface area contributed by atoms with Crippen molar-refractivity contribution in [3.8, 4) is 0 Å². The molecule has 1 aromatic heterocycles. The zero-order valence-corrected chi connectivity index (χ0v) is 12.5. The highest BCUT2D eigenvalue weighted by Gasteiger charge is 2.20. The lowest BCUT2D eigenvalue weighted by atomic mass is 10.2. The quantitative estimate of drug-likeness (QED) is 0.650. The first-order chi connectivity index (χ1) is 8.86. The molecule has 0 aliphatic rings. The summed E-state index contributed by atoms with van der Waals surface area (Å²) in [7, 11) is 1.36. The van der Waals surface area contributed by atoms with E-state index >= 15 is 0 Å². The van der Waals surface area contributed by atoms with E-state index in [-0.39, 0.29) is 23.5 Å². The average molecular weight is 281 g/mol. The number of esters is 1. The lowest BCUT2D eigenvalue weighted by Gasteiger charge is -2.28. The molecule has 1 rings (SSSR count). The summed E-state index contributed by atoms with van der Waals surface area (Å²) in [6.07, 6.45) is 0. The highest BCUT2D eigenvalue weighted by atomic mass is 32.1. The van der Waals surface area contributed by atoms with Crippen LogP contribution in [0.1, 0.15) is 25.1 Å². The minimum absolute atomic E-state index is 0.0708. The second-order valence-corrected chi connectivity index (χ2v) is 4.93. The molecular weight excluding hydrogens is 262 g/mol. The monoisotopic (exact) mass is 281 g/mol. The van der Waals surface area contributed by atoms with Gasteiger partial charge in [0.1, 0.15) is 17.4 Å². The molecule has 0 bridgehead atoms. The molecule has 0 aliphatic carbocycles. The second-order valence-electron chi connectivity index (χ2n) is 4.49. The summed E-state index contributed by atoms with van der Waals surface area (Å²) in [5.41, 5.74) is 7.22. The molecule has 1 heterocycles. The maximum Gasteiger partial charge on any atom is 0.325 e. The van der Waals surface area contributed by atoms with Crippen molar-refractivity contribution in [3.63, 3.8) is 0 Å². The molecule has 0 radical (unpaired) electrons. The van der Waals surface area contributed by atoms with E-state index in [1.807, 2.05) is 37.8 Å².